The first kappa shape index (κ1) is 60.2. The minimum atomic E-state index is -1.60. The summed E-state index contributed by atoms with van der Waals surface area (Å²) in [6.07, 6.45) is 39.9. The first-order valence-corrected chi connectivity index (χ1v) is 27.3. The molecule has 2 unspecified atom stereocenters. The SMILES string of the molecule is CCCCCCCCCCCCCCCCCCCCCCCCCCCCCC(=O)N[C@@H](CO[C@@H]1O[C@H](CO)[C@@H](O)C(O)C1O)[C@H](O)[C@H](O)CCCCCCCCCCCCC. The maximum Gasteiger partial charge on any atom is 0.220 e. The van der Waals surface area contributed by atoms with Gasteiger partial charge < -0.3 is 45.4 Å². The van der Waals surface area contributed by atoms with Crippen molar-refractivity contribution in [2.75, 3.05) is 13.2 Å². The molecule has 0 saturated carbocycles. The summed E-state index contributed by atoms with van der Waals surface area (Å²) in [7, 11) is 0. The Morgan fingerprint density at radius 3 is 1.17 bits per heavy atom. The molecule has 0 spiro atoms. The third-order valence-corrected chi connectivity index (χ3v) is 13.6. The molecule has 1 saturated heterocycles. The Hall–Kier alpha value is -0.850. The molecule has 8 atom stereocenters. The molecule has 0 bridgehead atoms. The van der Waals surface area contributed by atoms with E-state index in [1.54, 1.807) is 0 Å². The number of carbonyl (C=O) groups excluding carboxylic acids is 1. The normalized spacial score (nSPS) is 20.5. The fraction of sp³-hybridized carbons (Fsp3) is 0.981. The van der Waals surface area contributed by atoms with Crippen molar-refractivity contribution in [2.45, 2.75) is 320 Å². The van der Waals surface area contributed by atoms with Crippen molar-refractivity contribution in [2.24, 2.45) is 0 Å². The summed E-state index contributed by atoms with van der Waals surface area (Å²) >= 11 is 0. The van der Waals surface area contributed by atoms with Crippen molar-refractivity contribution in [1.82, 2.24) is 5.32 Å². The summed E-state index contributed by atoms with van der Waals surface area (Å²) in [6, 6.07) is -0.985. The molecule has 1 amide bonds. The Morgan fingerprint density at radius 1 is 0.492 bits per heavy atom. The summed E-state index contributed by atoms with van der Waals surface area (Å²) in [5, 5.41) is 65.3. The van der Waals surface area contributed by atoms with Crippen LogP contribution in [0.2, 0.25) is 0 Å². The molecule has 1 aliphatic rings. The van der Waals surface area contributed by atoms with Gasteiger partial charge >= 0.3 is 0 Å². The predicted octanol–water partition coefficient (Wildman–Crippen LogP) is 11.7. The molecule has 0 aromatic heterocycles. The number of unbranched alkanes of at least 4 members (excludes halogenated alkanes) is 36. The maximum atomic E-state index is 13.0. The van der Waals surface area contributed by atoms with Gasteiger partial charge in [0.2, 0.25) is 5.91 Å². The van der Waals surface area contributed by atoms with Gasteiger partial charge in [-0.25, -0.2) is 0 Å². The third kappa shape index (κ3) is 33.3. The topological polar surface area (TPSA) is 169 Å². The van der Waals surface area contributed by atoms with Crippen LogP contribution in [0.4, 0.5) is 0 Å². The van der Waals surface area contributed by atoms with Gasteiger partial charge in [-0.05, 0) is 12.8 Å². The zero-order chi connectivity index (χ0) is 46.0. The predicted molar refractivity (Wildman–Crippen MR) is 260 cm³/mol. The molecule has 10 heteroatoms. The van der Waals surface area contributed by atoms with E-state index < -0.39 is 55.6 Å². The van der Waals surface area contributed by atoms with Gasteiger partial charge in [0.05, 0.1) is 25.4 Å². The van der Waals surface area contributed by atoms with Crippen LogP contribution in [0.15, 0.2) is 0 Å². The standard InChI is InChI=1S/C53H105NO9/c1-3-5-7-9-11-13-15-16-17-18-19-20-21-22-23-24-25-26-27-28-29-30-32-34-36-38-40-42-48(57)54-45(44-62-53-52(61)51(60)50(59)47(43-55)63-53)49(58)46(56)41-39-37-35-33-31-14-12-10-8-6-4-2/h45-47,49-53,55-56,58-61H,3-44H2,1-2H3,(H,54,57)/t45-,46+,47+,49-,50+,51?,52?,53+/m0/s1. The number of carbonyl (C=O) groups is 1. The number of rotatable bonds is 47. The number of ether oxygens (including phenoxy) is 2. The van der Waals surface area contributed by atoms with Crippen LogP contribution < -0.4 is 5.32 Å². The number of aliphatic hydroxyl groups excluding tert-OH is 6. The highest BCUT2D eigenvalue weighted by molar-refractivity contribution is 5.76. The largest absolute Gasteiger partial charge is 0.394 e. The second-order valence-electron chi connectivity index (χ2n) is 19.5. The highest BCUT2D eigenvalue weighted by atomic mass is 16.7. The second kappa shape index (κ2) is 43.7. The Labute approximate surface area is 387 Å². The first-order chi connectivity index (χ1) is 30.8. The van der Waals surface area contributed by atoms with Gasteiger partial charge in [-0.1, -0.05) is 251 Å². The number of hydrogen-bond acceptors (Lipinski definition) is 9. The molecule has 0 aromatic carbocycles. The Morgan fingerprint density at radius 2 is 0.825 bits per heavy atom. The van der Waals surface area contributed by atoms with E-state index in [0.717, 1.165) is 44.9 Å². The number of amides is 1. The zero-order valence-electron chi connectivity index (χ0n) is 41.2. The molecular formula is C53H105NO9. The van der Waals surface area contributed by atoms with Crippen LogP contribution in [-0.4, -0.2) is 98.7 Å². The lowest BCUT2D eigenvalue weighted by atomic mass is 9.98. The molecule has 0 aromatic rings. The van der Waals surface area contributed by atoms with E-state index in [0.29, 0.717) is 6.42 Å². The average molecular weight is 900 g/mol. The zero-order valence-corrected chi connectivity index (χ0v) is 41.2. The lowest BCUT2D eigenvalue weighted by molar-refractivity contribution is -0.303. The summed E-state index contributed by atoms with van der Waals surface area (Å²) in [4.78, 5) is 13.0. The first-order valence-electron chi connectivity index (χ1n) is 27.3. The molecule has 0 aliphatic carbocycles. The van der Waals surface area contributed by atoms with Crippen LogP contribution in [0.3, 0.4) is 0 Å². The summed E-state index contributed by atoms with van der Waals surface area (Å²) in [5.74, 6) is -0.252. The average Bonchev–Trinajstić information content (AvgIpc) is 3.28. The highest BCUT2D eigenvalue weighted by Gasteiger charge is 2.44. The summed E-state index contributed by atoms with van der Waals surface area (Å²) in [5.41, 5.74) is 0. The second-order valence-corrected chi connectivity index (χ2v) is 19.5. The molecular weight excluding hydrogens is 795 g/mol. The smallest absolute Gasteiger partial charge is 0.220 e. The van der Waals surface area contributed by atoms with E-state index in [-0.39, 0.29) is 18.9 Å². The molecule has 10 nitrogen and oxygen atoms in total. The van der Waals surface area contributed by atoms with Crippen LogP contribution >= 0.6 is 0 Å². The van der Waals surface area contributed by atoms with Gasteiger partial charge in [-0.15, -0.1) is 0 Å². The van der Waals surface area contributed by atoms with Gasteiger partial charge in [0.15, 0.2) is 6.29 Å². The van der Waals surface area contributed by atoms with Gasteiger partial charge in [-0.2, -0.15) is 0 Å². The minimum absolute atomic E-state index is 0.252. The molecule has 1 rings (SSSR count). The van der Waals surface area contributed by atoms with Crippen LogP contribution in [-0.2, 0) is 14.3 Å². The van der Waals surface area contributed by atoms with Crippen LogP contribution in [0.25, 0.3) is 0 Å². The van der Waals surface area contributed by atoms with Gasteiger partial charge in [0, 0.05) is 6.42 Å². The van der Waals surface area contributed by atoms with Crippen LogP contribution in [0.5, 0.6) is 0 Å². The molecule has 1 fully saturated rings. The lowest BCUT2D eigenvalue weighted by Gasteiger charge is -2.40. The quantitative estimate of drug-likeness (QED) is 0.0294. The van der Waals surface area contributed by atoms with Crippen molar-refractivity contribution in [3.05, 3.63) is 0 Å². The lowest BCUT2D eigenvalue weighted by Crippen LogP contribution is -2.60. The van der Waals surface area contributed by atoms with E-state index in [1.165, 1.54) is 199 Å². The highest BCUT2D eigenvalue weighted by Crippen LogP contribution is 2.23. The molecule has 1 aliphatic heterocycles. The fourth-order valence-electron chi connectivity index (χ4n) is 9.14. The maximum absolute atomic E-state index is 13.0. The molecule has 0 radical (unpaired) electrons. The van der Waals surface area contributed by atoms with Crippen molar-refractivity contribution in [3.8, 4) is 0 Å². The van der Waals surface area contributed by atoms with E-state index >= 15 is 0 Å². The van der Waals surface area contributed by atoms with Crippen molar-refractivity contribution >= 4 is 5.91 Å². The molecule has 7 N–H and O–H groups in total. The Kier molecular flexibility index (Phi) is 41.7. The van der Waals surface area contributed by atoms with Crippen molar-refractivity contribution < 1.29 is 44.9 Å². The van der Waals surface area contributed by atoms with E-state index in [4.69, 9.17) is 9.47 Å². The number of aliphatic hydroxyl groups is 6. The molecule has 376 valence electrons. The number of nitrogens with one attached hydrogen (secondary N) is 1. The monoisotopic (exact) mass is 900 g/mol. The van der Waals surface area contributed by atoms with Crippen LogP contribution in [0, 0.1) is 0 Å². The van der Waals surface area contributed by atoms with Gasteiger partial charge in [-0.3, -0.25) is 4.79 Å². The fourth-order valence-corrected chi connectivity index (χ4v) is 9.14. The van der Waals surface area contributed by atoms with E-state index in [1.807, 2.05) is 0 Å². The summed E-state index contributed by atoms with van der Waals surface area (Å²) < 4.78 is 11.2. The Bertz CT molecular complexity index is 973. The van der Waals surface area contributed by atoms with E-state index in [9.17, 15) is 35.4 Å². The summed E-state index contributed by atoms with van der Waals surface area (Å²) in [6.45, 7) is 3.63. The van der Waals surface area contributed by atoms with Gasteiger partial charge in [0.25, 0.3) is 0 Å². The molecule has 1 heterocycles. The van der Waals surface area contributed by atoms with Crippen LogP contribution in [0.1, 0.15) is 271 Å². The van der Waals surface area contributed by atoms with Crippen molar-refractivity contribution in [1.29, 1.82) is 0 Å². The molecule has 63 heavy (non-hydrogen) atoms. The Balaban J connectivity index is 2.19. The third-order valence-electron chi connectivity index (χ3n) is 13.6. The minimum Gasteiger partial charge on any atom is -0.394 e. The van der Waals surface area contributed by atoms with Gasteiger partial charge in [0.1, 0.15) is 30.5 Å². The number of hydrogen-bond donors (Lipinski definition) is 7. The van der Waals surface area contributed by atoms with Crippen molar-refractivity contribution in [3.63, 3.8) is 0 Å². The van der Waals surface area contributed by atoms with E-state index in [2.05, 4.69) is 19.2 Å².